The highest BCUT2D eigenvalue weighted by Crippen LogP contribution is 2.36. The van der Waals surface area contributed by atoms with E-state index in [-0.39, 0.29) is 23.2 Å². The van der Waals surface area contributed by atoms with Crippen molar-refractivity contribution in [2.45, 2.75) is 53.6 Å². The summed E-state index contributed by atoms with van der Waals surface area (Å²) in [5.41, 5.74) is 2.32. The van der Waals surface area contributed by atoms with E-state index >= 15 is 0 Å². The van der Waals surface area contributed by atoms with Gasteiger partial charge in [-0.15, -0.1) is 0 Å². The van der Waals surface area contributed by atoms with Crippen molar-refractivity contribution in [1.82, 2.24) is 4.90 Å². The van der Waals surface area contributed by atoms with Crippen LogP contribution in [0.3, 0.4) is 0 Å². The van der Waals surface area contributed by atoms with E-state index in [4.69, 9.17) is 21.9 Å². The number of para-hydroxylation sites is 1. The molecule has 1 fully saturated rings. The zero-order valence-corrected chi connectivity index (χ0v) is 20.0. The Kier molecular flexibility index (Phi) is 8.40. The zero-order chi connectivity index (χ0) is 20.9. The van der Waals surface area contributed by atoms with E-state index < -0.39 is 0 Å². The van der Waals surface area contributed by atoms with Gasteiger partial charge in [0.2, 0.25) is 0 Å². The summed E-state index contributed by atoms with van der Waals surface area (Å²) in [5.74, 6) is 1.35. The van der Waals surface area contributed by atoms with Gasteiger partial charge in [0.15, 0.2) is 5.17 Å². The van der Waals surface area contributed by atoms with E-state index in [0.29, 0.717) is 10.2 Å². The number of hydrogen-bond acceptors (Lipinski definition) is 6. The van der Waals surface area contributed by atoms with Crippen molar-refractivity contribution in [2.24, 2.45) is 10.4 Å². The fraction of sp³-hybridized carbons (Fsp3) is 0.571. The summed E-state index contributed by atoms with van der Waals surface area (Å²) in [6, 6.07) is 8.24. The van der Waals surface area contributed by atoms with Gasteiger partial charge >= 0.3 is 5.97 Å². The molecule has 0 amide bonds. The SMILES string of the molecule is CC(C)OC(=O)CSC(=S)N1CC(C)(C)CSC1=Nc1ccccc1C(C)C. The summed E-state index contributed by atoms with van der Waals surface area (Å²) < 4.78 is 5.89. The minimum absolute atomic E-state index is 0.115. The number of hydrogen-bond donors (Lipinski definition) is 0. The predicted octanol–water partition coefficient (Wildman–Crippen LogP) is 5.84. The molecule has 0 spiro atoms. The molecule has 0 N–H and O–H groups in total. The second-order valence-electron chi connectivity index (χ2n) is 8.24. The number of esters is 1. The number of rotatable bonds is 5. The molecule has 1 saturated heterocycles. The summed E-state index contributed by atoms with van der Waals surface area (Å²) in [5, 5.41) is 0.905. The van der Waals surface area contributed by atoms with Gasteiger partial charge < -0.3 is 9.64 Å². The molecule has 1 aromatic rings. The zero-order valence-electron chi connectivity index (χ0n) is 17.5. The molecule has 1 aromatic carbocycles. The number of amidine groups is 1. The number of benzene rings is 1. The molecule has 1 heterocycles. The van der Waals surface area contributed by atoms with Gasteiger partial charge in [-0.3, -0.25) is 4.79 Å². The Labute approximate surface area is 182 Å². The third-order valence-corrected chi connectivity index (χ3v) is 7.00. The quantitative estimate of drug-likeness (QED) is 0.425. The fourth-order valence-corrected chi connectivity index (χ4v) is 4.94. The number of thioether (sulfide) groups is 2. The molecule has 0 aromatic heterocycles. The highest BCUT2D eigenvalue weighted by molar-refractivity contribution is 8.23. The van der Waals surface area contributed by atoms with E-state index in [0.717, 1.165) is 23.2 Å². The topological polar surface area (TPSA) is 41.9 Å². The molecule has 154 valence electrons. The van der Waals surface area contributed by atoms with Gasteiger partial charge in [0.05, 0.1) is 17.5 Å². The van der Waals surface area contributed by atoms with Crippen LogP contribution in [0.25, 0.3) is 0 Å². The molecular weight excluding hydrogens is 408 g/mol. The second-order valence-corrected chi connectivity index (χ2v) is 10.8. The lowest BCUT2D eigenvalue weighted by molar-refractivity contribution is -0.144. The van der Waals surface area contributed by atoms with Crippen LogP contribution in [-0.4, -0.2) is 44.5 Å². The highest BCUT2D eigenvalue weighted by Gasteiger charge is 2.33. The summed E-state index contributed by atoms with van der Waals surface area (Å²) in [4.78, 5) is 19.0. The highest BCUT2D eigenvalue weighted by atomic mass is 32.2. The Hall–Kier alpha value is -1.05. The molecule has 1 aliphatic heterocycles. The average molecular weight is 439 g/mol. The van der Waals surface area contributed by atoms with Crippen molar-refractivity contribution in [3.8, 4) is 0 Å². The Morgan fingerprint density at radius 1 is 1.32 bits per heavy atom. The first kappa shape index (κ1) is 23.2. The van der Waals surface area contributed by atoms with Crippen molar-refractivity contribution in [2.75, 3.05) is 18.1 Å². The number of ether oxygens (including phenoxy) is 1. The maximum absolute atomic E-state index is 11.9. The van der Waals surface area contributed by atoms with Gasteiger partial charge in [0.25, 0.3) is 0 Å². The first-order valence-electron chi connectivity index (χ1n) is 9.53. The smallest absolute Gasteiger partial charge is 0.316 e. The number of thiocarbonyl (C=S) groups is 1. The van der Waals surface area contributed by atoms with Gasteiger partial charge in [-0.1, -0.05) is 81.6 Å². The first-order chi connectivity index (χ1) is 13.1. The predicted molar refractivity (Wildman–Crippen MR) is 127 cm³/mol. The lowest BCUT2D eigenvalue weighted by Gasteiger charge is -2.39. The van der Waals surface area contributed by atoms with E-state index in [9.17, 15) is 4.79 Å². The van der Waals surface area contributed by atoms with Crippen LogP contribution in [0.2, 0.25) is 0 Å². The van der Waals surface area contributed by atoms with Gasteiger partial charge in [0, 0.05) is 12.3 Å². The van der Waals surface area contributed by atoms with E-state index in [1.807, 2.05) is 19.9 Å². The third-order valence-electron chi connectivity index (χ3n) is 4.08. The third kappa shape index (κ3) is 6.78. The summed E-state index contributed by atoms with van der Waals surface area (Å²) in [6.07, 6.45) is -0.115. The van der Waals surface area contributed by atoms with Crippen molar-refractivity contribution in [3.05, 3.63) is 29.8 Å². The first-order valence-corrected chi connectivity index (χ1v) is 11.9. The van der Waals surface area contributed by atoms with Gasteiger partial charge in [0.1, 0.15) is 4.32 Å². The summed E-state index contributed by atoms with van der Waals surface area (Å²) >= 11 is 8.75. The van der Waals surface area contributed by atoms with Crippen LogP contribution in [0, 0.1) is 5.41 Å². The number of carbonyl (C=O) groups is 1. The van der Waals surface area contributed by atoms with Crippen LogP contribution >= 0.6 is 35.7 Å². The molecule has 4 nitrogen and oxygen atoms in total. The van der Waals surface area contributed by atoms with Crippen LogP contribution in [0.4, 0.5) is 5.69 Å². The lowest BCUT2D eigenvalue weighted by Crippen LogP contribution is -2.45. The molecule has 0 saturated carbocycles. The molecule has 28 heavy (non-hydrogen) atoms. The molecule has 0 unspecified atom stereocenters. The molecule has 7 heteroatoms. The van der Waals surface area contributed by atoms with Crippen LogP contribution in [0.15, 0.2) is 29.3 Å². The Bertz CT molecular complexity index is 745. The maximum Gasteiger partial charge on any atom is 0.316 e. The van der Waals surface area contributed by atoms with Crippen LogP contribution in [0.5, 0.6) is 0 Å². The monoisotopic (exact) mass is 438 g/mol. The van der Waals surface area contributed by atoms with E-state index in [1.54, 1.807) is 11.8 Å². The fourth-order valence-electron chi connectivity index (χ4n) is 2.79. The Morgan fingerprint density at radius 3 is 2.64 bits per heavy atom. The Balaban J connectivity index is 2.22. The number of nitrogens with zero attached hydrogens (tertiary/aromatic N) is 2. The lowest BCUT2D eigenvalue weighted by atomic mass is 9.96. The van der Waals surface area contributed by atoms with Gasteiger partial charge in [-0.2, -0.15) is 0 Å². The number of carbonyl (C=O) groups excluding carboxylic acids is 1. The van der Waals surface area contributed by atoms with E-state index in [1.165, 1.54) is 17.3 Å². The maximum atomic E-state index is 11.9. The molecule has 0 bridgehead atoms. The van der Waals surface area contributed by atoms with Gasteiger partial charge in [-0.05, 0) is 36.8 Å². The van der Waals surface area contributed by atoms with E-state index in [2.05, 4.69) is 50.8 Å². The van der Waals surface area contributed by atoms with Crippen molar-refractivity contribution >= 4 is 56.9 Å². The van der Waals surface area contributed by atoms with Crippen molar-refractivity contribution < 1.29 is 9.53 Å². The molecule has 2 rings (SSSR count). The van der Waals surface area contributed by atoms with Crippen molar-refractivity contribution in [3.63, 3.8) is 0 Å². The standard InChI is InChI=1S/C21H30N2O2S3/c1-14(2)16-9-7-8-10-17(16)22-19-23(12-21(5,6)13-28-19)20(26)27-11-18(24)25-15(3)4/h7-10,14-15H,11-13H2,1-6H3. The number of aliphatic imine (C=N–C) groups is 1. The molecule has 0 radical (unpaired) electrons. The van der Waals surface area contributed by atoms with Gasteiger partial charge in [-0.25, -0.2) is 4.99 Å². The average Bonchev–Trinajstić information content (AvgIpc) is 2.60. The molecule has 0 aliphatic carbocycles. The minimum Gasteiger partial charge on any atom is -0.462 e. The summed E-state index contributed by atoms with van der Waals surface area (Å²) in [7, 11) is 0. The largest absolute Gasteiger partial charge is 0.462 e. The molecule has 0 atom stereocenters. The van der Waals surface area contributed by atoms with Crippen LogP contribution < -0.4 is 0 Å². The molecule has 1 aliphatic rings. The molecular formula is C21H30N2O2S3. The summed E-state index contributed by atoms with van der Waals surface area (Å²) in [6.45, 7) is 13.3. The Morgan fingerprint density at radius 2 is 2.00 bits per heavy atom. The normalized spacial score (nSPS) is 18.0. The van der Waals surface area contributed by atoms with Crippen LogP contribution in [0.1, 0.15) is 53.0 Å². The van der Waals surface area contributed by atoms with Crippen molar-refractivity contribution in [1.29, 1.82) is 0 Å². The second kappa shape index (κ2) is 10.1. The minimum atomic E-state index is -0.241. The van der Waals surface area contributed by atoms with Crippen LogP contribution in [-0.2, 0) is 9.53 Å².